The molecular formula is C9H17N3O2. The number of amides is 2. The molecule has 2 heterocycles. The third-order valence-corrected chi connectivity index (χ3v) is 2.81. The van der Waals surface area contributed by atoms with E-state index in [2.05, 4.69) is 0 Å². The molecule has 5 heteroatoms. The van der Waals surface area contributed by atoms with Gasteiger partial charge in [-0.05, 0) is 13.0 Å². The molecule has 0 bridgehead atoms. The summed E-state index contributed by atoms with van der Waals surface area (Å²) in [7, 11) is 0. The maximum Gasteiger partial charge on any atom is 0.320 e. The van der Waals surface area contributed by atoms with Crippen molar-refractivity contribution < 1.29 is 9.53 Å². The monoisotopic (exact) mass is 199 g/mol. The van der Waals surface area contributed by atoms with Gasteiger partial charge in [0.25, 0.3) is 0 Å². The molecule has 0 spiro atoms. The summed E-state index contributed by atoms with van der Waals surface area (Å²) in [6.07, 6.45) is 0.882. The maximum absolute atomic E-state index is 11.8. The standard InChI is InChI=1S/C9H17N3O2/c10-2-1-3-11-6-8-7-14-5-4-12(8)9(11)13/h8H,1-7,10H2. The minimum Gasteiger partial charge on any atom is -0.377 e. The molecule has 0 aliphatic carbocycles. The maximum atomic E-state index is 11.8. The molecular weight excluding hydrogens is 182 g/mol. The van der Waals surface area contributed by atoms with Crippen LogP contribution in [0.5, 0.6) is 0 Å². The van der Waals surface area contributed by atoms with Gasteiger partial charge in [-0.3, -0.25) is 0 Å². The van der Waals surface area contributed by atoms with Crippen LogP contribution in [0, 0.1) is 0 Å². The van der Waals surface area contributed by atoms with Crippen LogP contribution in [-0.4, -0.2) is 61.3 Å². The molecule has 2 rings (SSSR count). The van der Waals surface area contributed by atoms with Gasteiger partial charge in [0.1, 0.15) is 0 Å². The van der Waals surface area contributed by atoms with Crippen molar-refractivity contribution >= 4 is 6.03 Å². The summed E-state index contributed by atoms with van der Waals surface area (Å²) >= 11 is 0. The van der Waals surface area contributed by atoms with Crippen molar-refractivity contribution in [3.05, 3.63) is 0 Å². The molecule has 0 saturated carbocycles. The number of hydrogen-bond acceptors (Lipinski definition) is 3. The van der Waals surface area contributed by atoms with E-state index in [1.54, 1.807) is 0 Å². The highest BCUT2D eigenvalue weighted by Crippen LogP contribution is 2.18. The fourth-order valence-electron chi connectivity index (χ4n) is 2.04. The van der Waals surface area contributed by atoms with Gasteiger partial charge in [0.05, 0.1) is 19.3 Å². The molecule has 0 aromatic carbocycles. The van der Waals surface area contributed by atoms with E-state index in [1.165, 1.54) is 0 Å². The van der Waals surface area contributed by atoms with Gasteiger partial charge < -0.3 is 20.3 Å². The predicted molar refractivity (Wildman–Crippen MR) is 52.0 cm³/mol. The molecule has 1 unspecified atom stereocenters. The van der Waals surface area contributed by atoms with Gasteiger partial charge >= 0.3 is 6.03 Å². The Morgan fingerprint density at radius 2 is 2.43 bits per heavy atom. The second-order valence-electron chi connectivity index (χ2n) is 3.79. The first-order chi connectivity index (χ1) is 6.83. The highest BCUT2D eigenvalue weighted by Gasteiger charge is 2.38. The number of urea groups is 1. The van der Waals surface area contributed by atoms with Crippen molar-refractivity contribution in [3.63, 3.8) is 0 Å². The van der Waals surface area contributed by atoms with Gasteiger partial charge in [0.2, 0.25) is 0 Å². The SMILES string of the molecule is NCCCN1CC2COCCN2C1=O. The van der Waals surface area contributed by atoms with Gasteiger partial charge in [0.15, 0.2) is 0 Å². The highest BCUT2D eigenvalue weighted by atomic mass is 16.5. The molecule has 2 fully saturated rings. The summed E-state index contributed by atoms with van der Waals surface area (Å²) < 4.78 is 5.34. The Hall–Kier alpha value is -0.810. The average molecular weight is 199 g/mol. The summed E-state index contributed by atoms with van der Waals surface area (Å²) in [4.78, 5) is 15.6. The number of nitrogens with two attached hydrogens (primary N) is 1. The Balaban J connectivity index is 1.92. The van der Waals surface area contributed by atoms with Gasteiger partial charge in [-0.25, -0.2) is 4.79 Å². The number of morpholine rings is 1. The first-order valence-electron chi connectivity index (χ1n) is 5.16. The lowest BCUT2D eigenvalue weighted by atomic mass is 10.2. The van der Waals surface area contributed by atoms with Crippen LogP contribution in [0.2, 0.25) is 0 Å². The molecule has 0 radical (unpaired) electrons. The van der Waals surface area contributed by atoms with Gasteiger partial charge in [-0.2, -0.15) is 0 Å². The summed E-state index contributed by atoms with van der Waals surface area (Å²) in [5.41, 5.74) is 5.42. The fraction of sp³-hybridized carbons (Fsp3) is 0.889. The molecule has 5 nitrogen and oxygen atoms in total. The predicted octanol–water partition coefficient (Wildman–Crippen LogP) is -0.528. The number of ether oxygens (including phenoxy) is 1. The molecule has 14 heavy (non-hydrogen) atoms. The minimum absolute atomic E-state index is 0.159. The van der Waals surface area contributed by atoms with E-state index in [-0.39, 0.29) is 12.1 Å². The van der Waals surface area contributed by atoms with E-state index in [0.717, 1.165) is 26.1 Å². The molecule has 2 aliphatic rings. The average Bonchev–Trinajstić information content (AvgIpc) is 2.54. The molecule has 0 aromatic rings. The van der Waals surface area contributed by atoms with Crippen LogP contribution in [0.3, 0.4) is 0 Å². The summed E-state index contributed by atoms with van der Waals surface area (Å²) in [6, 6.07) is 0.431. The molecule has 80 valence electrons. The van der Waals surface area contributed by atoms with E-state index in [4.69, 9.17) is 10.5 Å². The molecule has 0 aromatic heterocycles. The van der Waals surface area contributed by atoms with Gasteiger partial charge in [0, 0.05) is 19.6 Å². The summed E-state index contributed by atoms with van der Waals surface area (Å²) in [6.45, 7) is 4.33. The number of rotatable bonds is 3. The van der Waals surface area contributed by atoms with E-state index >= 15 is 0 Å². The fourth-order valence-corrected chi connectivity index (χ4v) is 2.04. The largest absolute Gasteiger partial charge is 0.377 e. The molecule has 2 amide bonds. The van der Waals surface area contributed by atoms with E-state index < -0.39 is 0 Å². The Labute approximate surface area is 83.8 Å². The van der Waals surface area contributed by atoms with Crippen molar-refractivity contribution in [2.45, 2.75) is 12.5 Å². The third kappa shape index (κ3) is 1.69. The number of fused-ring (bicyclic) bond motifs is 1. The van der Waals surface area contributed by atoms with Gasteiger partial charge in [-0.15, -0.1) is 0 Å². The Bertz CT molecular complexity index is 222. The zero-order valence-electron chi connectivity index (χ0n) is 8.32. The summed E-state index contributed by atoms with van der Waals surface area (Å²) in [5, 5.41) is 0. The Morgan fingerprint density at radius 3 is 3.14 bits per heavy atom. The van der Waals surface area contributed by atoms with Crippen LogP contribution in [0.1, 0.15) is 6.42 Å². The minimum atomic E-state index is 0.159. The first kappa shape index (κ1) is 9.73. The number of nitrogens with zero attached hydrogens (tertiary/aromatic N) is 2. The normalized spacial score (nSPS) is 26.9. The number of hydrogen-bond donors (Lipinski definition) is 1. The van der Waals surface area contributed by atoms with Crippen molar-refractivity contribution in [1.82, 2.24) is 9.80 Å². The van der Waals surface area contributed by atoms with Crippen molar-refractivity contribution in [3.8, 4) is 0 Å². The van der Waals surface area contributed by atoms with Crippen LogP contribution in [0.4, 0.5) is 4.79 Å². The van der Waals surface area contributed by atoms with E-state index in [0.29, 0.717) is 19.8 Å². The van der Waals surface area contributed by atoms with E-state index in [9.17, 15) is 4.79 Å². The molecule has 2 aliphatic heterocycles. The Morgan fingerprint density at radius 1 is 1.57 bits per heavy atom. The Kier molecular flexibility index (Phi) is 2.88. The summed E-state index contributed by atoms with van der Waals surface area (Å²) in [5.74, 6) is 0. The van der Waals surface area contributed by atoms with Crippen LogP contribution >= 0.6 is 0 Å². The molecule has 2 N–H and O–H groups in total. The zero-order chi connectivity index (χ0) is 9.97. The smallest absolute Gasteiger partial charge is 0.320 e. The molecule has 1 atom stereocenters. The van der Waals surface area contributed by atoms with Crippen LogP contribution in [-0.2, 0) is 4.74 Å². The lowest BCUT2D eigenvalue weighted by Crippen LogP contribution is -2.44. The van der Waals surface area contributed by atoms with Crippen molar-refractivity contribution in [2.75, 3.05) is 39.4 Å². The number of carbonyl (C=O) groups excluding carboxylic acids is 1. The topological polar surface area (TPSA) is 58.8 Å². The van der Waals surface area contributed by atoms with Gasteiger partial charge in [-0.1, -0.05) is 0 Å². The lowest BCUT2D eigenvalue weighted by Gasteiger charge is -2.27. The van der Waals surface area contributed by atoms with Crippen molar-refractivity contribution in [1.29, 1.82) is 0 Å². The highest BCUT2D eigenvalue weighted by molar-refractivity contribution is 5.77. The molecule has 2 saturated heterocycles. The third-order valence-electron chi connectivity index (χ3n) is 2.81. The second-order valence-corrected chi connectivity index (χ2v) is 3.79. The van der Waals surface area contributed by atoms with Crippen molar-refractivity contribution in [2.24, 2.45) is 5.73 Å². The van der Waals surface area contributed by atoms with E-state index in [1.807, 2.05) is 9.80 Å². The van der Waals surface area contributed by atoms with Crippen LogP contribution < -0.4 is 5.73 Å². The second kappa shape index (κ2) is 4.14. The number of carbonyl (C=O) groups is 1. The first-order valence-corrected chi connectivity index (χ1v) is 5.16. The quantitative estimate of drug-likeness (QED) is 0.665. The zero-order valence-corrected chi connectivity index (χ0v) is 8.32. The van der Waals surface area contributed by atoms with Crippen LogP contribution in [0.25, 0.3) is 0 Å². The lowest BCUT2D eigenvalue weighted by molar-refractivity contribution is 0.0299. The van der Waals surface area contributed by atoms with Crippen LogP contribution in [0.15, 0.2) is 0 Å².